The Labute approximate surface area is 110 Å². The summed E-state index contributed by atoms with van der Waals surface area (Å²) in [5.74, 6) is 0.169. The van der Waals surface area contributed by atoms with Crippen LogP contribution in [0.3, 0.4) is 0 Å². The maximum atomic E-state index is 10.8. The van der Waals surface area contributed by atoms with Gasteiger partial charge in [-0.05, 0) is 24.1 Å². The van der Waals surface area contributed by atoms with Crippen LogP contribution in [-0.2, 0) is 4.79 Å². The zero-order chi connectivity index (χ0) is 13.0. The number of thioether (sulfide) groups is 1. The van der Waals surface area contributed by atoms with Crippen molar-refractivity contribution in [2.24, 2.45) is 0 Å². The van der Waals surface area contributed by atoms with E-state index in [4.69, 9.17) is 11.6 Å². The van der Waals surface area contributed by atoms with Crippen LogP contribution in [0.5, 0.6) is 0 Å². The molecule has 2 N–H and O–H groups in total. The first kappa shape index (κ1) is 14.5. The molecule has 0 radical (unpaired) electrons. The third-order valence-electron chi connectivity index (χ3n) is 2.36. The quantitative estimate of drug-likeness (QED) is 0.885. The second kappa shape index (κ2) is 6.40. The molecule has 0 spiro atoms. The first-order chi connectivity index (χ1) is 7.91. The molecule has 1 aromatic carbocycles. The summed E-state index contributed by atoms with van der Waals surface area (Å²) >= 11 is 6.93. The SMILES string of the molecule is CC(=O)SCC(O)C(O)c1ccc(C)c(Cl)c1. The van der Waals surface area contributed by atoms with Gasteiger partial charge in [-0.2, -0.15) is 0 Å². The number of aliphatic hydroxyl groups is 2. The summed E-state index contributed by atoms with van der Waals surface area (Å²) in [5.41, 5.74) is 1.47. The van der Waals surface area contributed by atoms with Crippen molar-refractivity contribution in [2.45, 2.75) is 26.1 Å². The molecular formula is C12H15ClO3S. The molecular weight excluding hydrogens is 260 g/mol. The Hall–Kier alpha value is -0.550. The zero-order valence-electron chi connectivity index (χ0n) is 9.68. The summed E-state index contributed by atoms with van der Waals surface area (Å²) in [6, 6.07) is 5.13. The number of hydrogen-bond donors (Lipinski definition) is 2. The van der Waals surface area contributed by atoms with Gasteiger partial charge in [-0.15, -0.1) is 0 Å². The first-order valence-electron chi connectivity index (χ1n) is 5.17. The van der Waals surface area contributed by atoms with Gasteiger partial charge in [0, 0.05) is 17.7 Å². The lowest BCUT2D eigenvalue weighted by Crippen LogP contribution is -2.21. The van der Waals surface area contributed by atoms with E-state index < -0.39 is 12.2 Å². The van der Waals surface area contributed by atoms with Crippen LogP contribution in [0.1, 0.15) is 24.2 Å². The van der Waals surface area contributed by atoms with Gasteiger partial charge in [0.05, 0.1) is 6.10 Å². The van der Waals surface area contributed by atoms with E-state index in [0.717, 1.165) is 17.3 Å². The number of rotatable bonds is 4. The van der Waals surface area contributed by atoms with Gasteiger partial charge in [0.25, 0.3) is 0 Å². The lowest BCUT2D eigenvalue weighted by molar-refractivity contribution is -0.109. The molecule has 3 nitrogen and oxygen atoms in total. The van der Waals surface area contributed by atoms with E-state index in [1.54, 1.807) is 18.2 Å². The average molecular weight is 275 g/mol. The Balaban J connectivity index is 2.70. The van der Waals surface area contributed by atoms with Gasteiger partial charge in [-0.25, -0.2) is 0 Å². The van der Waals surface area contributed by atoms with E-state index in [0.29, 0.717) is 10.6 Å². The molecule has 1 rings (SSSR count). The summed E-state index contributed by atoms with van der Waals surface area (Å²) < 4.78 is 0. The van der Waals surface area contributed by atoms with Crippen LogP contribution >= 0.6 is 23.4 Å². The highest BCUT2D eigenvalue weighted by molar-refractivity contribution is 8.13. The molecule has 0 saturated heterocycles. The van der Waals surface area contributed by atoms with E-state index in [9.17, 15) is 15.0 Å². The number of aryl methyl sites for hydroxylation is 1. The Kier molecular flexibility index (Phi) is 5.46. The molecule has 1 aromatic rings. The summed E-state index contributed by atoms with van der Waals surface area (Å²) in [7, 11) is 0. The van der Waals surface area contributed by atoms with E-state index in [2.05, 4.69) is 0 Å². The van der Waals surface area contributed by atoms with Gasteiger partial charge in [-0.1, -0.05) is 35.5 Å². The van der Waals surface area contributed by atoms with Crippen molar-refractivity contribution < 1.29 is 15.0 Å². The van der Waals surface area contributed by atoms with Crippen molar-refractivity contribution in [1.82, 2.24) is 0 Å². The molecule has 2 atom stereocenters. The fourth-order valence-corrected chi connectivity index (χ4v) is 2.09. The van der Waals surface area contributed by atoms with E-state index in [-0.39, 0.29) is 10.9 Å². The highest BCUT2D eigenvalue weighted by atomic mass is 35.5. The lowest BCUT2D eigenvalue weighted by Gasteiger charge is -2.17. The minimum atomic E-state index is -1.03. The first-order valence-corrected chi connectivity index (χ1v) is 6.53. The molecule has 0 bridgehead atoms. The van der Waals surface area contributed by atoms with Gasteiger partial charge >= 0.3 is 0 Å². The molecule has 0 aliphatic heterocycles. The maximum Gasteiger partial charge on any atom is 0.185 e. The van der Waals surface area contributed by atoms with Crippen LogP contribution in [0.15, 0.2) is 18.2 Å². The second-order valence-electron chi connectivity index (χ2n) is 3.82. The van der Waals surface area contributed by atoms with Crippen LogP contribution < -0.4 is 0 Å². The normalized spacial score (nSPS) is 14.4. The van der Waals surface area contributed by atoms with E-state index >= 15 is 0 Å². The molecule has 0 fully saturated rings. The maximum absolute atomic E-state index is 10.8. The molecule has 94 valence electrons. The van der Waals surface area contributed by atoms with Crippen LogP contribution in [-0.4, -0.2) is 27.2 Å². The smallest absolute Gasteiger partial charge is 0.185 e. The van der Waals surface area contributed by atoms with Crippen molar-refractivity contribution >= 4 is 28.5 Å². The van der Waals surface area contributed by atoms with Gasteiger partial charge in [0.2, 0.25) is 0 Å². The Morgan fingerprint density at radius 3 is 2.65 bits per heavy atom. The number of halogens is 1. The number of aliphatic hydroxyl groups excluding tert-OH is 2. The van der Waals surface area contributed by atoms with E-state index in [1.807, 2.05) is 6.92 Å². The van der Waals surface area contributed by atoms with E-state index in [1.165, 1.54) is 6.92 Å². The monoisotopic (exact) mass is 274 g/mol. The topological polar surface area (TPSA) is 57.5 Å². The predicted octanol–water partition coefficient (Wildman–Crippen LogP) is 2.32. The summed E-state index contributed by atoms with van der Waals surface area (Å²) in [4.78, 5) is 10.8. The van der Waals surface area contributed by atoms with Gasteiger partial charge in [0.1, 0.15) is 6.10 Å². The molecule has 0 aliphatic carbocycles. The standard InChI is InChI=1S/C12H15ClO3S/c1-7-3-4-9(5-10(7)13)12(16)11(15)6-17-8(2)14/h3-5,11-12,15-16H,6H2,1-2H3. The van der Waals surface area contributed by atoms with Crippen LogP contribution in [0.4, 0.5) is 0 Å². The number of benzene rings is 1. The summed E-state index contributed by atoms with van der Waals surface area (Å²) in [6.07, 6.45) is -2.01. The molecule has 5 heteroatoms. The Morgan fingerprint density at radius 1 is 1.47 bits per heavy atom. The highest BCUT2D eigenvalue weighted by Gasteiger charge is 2.19. The molecule has 0 heterocycles. The molecule has 0 amide bonds. The predicted molar refractivity (Wildman–Crippen MR) is 70.3 cm³/mol. The minimum absolute atomic E-state index is 0.0850. The molecule has 2 unspecified atom stereocenters. The van der Waals surface area contributed by atoms with Crippen molar-refractivity contribution in [2.75, 3.05) is 5.75 Å². The Bertz CT molecular complexity index is 409. The van der Waals surface area contributed by atoms with Gasteiger partial charge in [-0.3, -0.25) is 4.79 Å². The third-order valence-corrected chi connectivity index (χ3v) is 3.68. The lowest BCUT2D eigenvalue weighted by atomic mass is 10.0. The van der Waals surface area contributed by atoms with Crippen LogP contribution in [0.2, 0.25) is 5.02 Å². The highest BCUT2D eigenvalue weighted by Crippen LogP contribution is 2.24. The summed E-state index contributed by atoms with van der Waals surface area (Å²) in [6.45, 7) is 3.28. The molecule has 0 aromatic heterocycles. The minimum Gasteiger partial charge on any atom is -0.389 e. The molecule has 0 aliphatic rings. The van der Waals surface area contributed by atoms with Crippen molar-refractivity contribution in [1.29, 1.82) is 0 Å². The van der Waals surface area contributed by atoms with Crippen molar-refractivity contribution in [3.05, 3.63) is 34.3 Å². The van der Waals surface area contributed by atoms with Crippen molar-refractivity contribution in [3.63, 3.8) is 0 Å². The zero-order valence-corrected chi connectivity index (χ0v) is 11.3. The third kappa shape index (κ3) is 4.32. The van der Waals surface area contributed by atoms with Crippen LogP contribution in [0.25, 0.3) is 0 Å². The van der Waals surface area contributed by atoms with Crippen molar-refractivity contribution in [3.8, 4) is 0 Å². The Morgan fingerprint density at radius 2 is 2.12 bits per heavy atom. The fraction of sp³-hybridized carbons (Fsp3) is 0.417. The largest absolute Gasteiger partial charge is 0.389 e. The number of hydrogen-bond acceptors (Lipinski definition) is 4. The van der Waals surface area contributed by atoms with Crippen LogP contribution in [0, 0.1) is 6.92 Å². The number of carbonyl (C=O) groups is 1. The molecule has 17 heavy (non-hydrogen) atoms. The number of carbonyl (C=O) groups excluding carboxylic acids is 1. The second-order valence-corrected chi connectivity index (χ2v) is 5.43. The summed E-state index contributed by atoms with van der Waals surface area (Å²) in [5, 5.41) is 20.1. The van der Waals surface area contributed by atoms with Gasteiger partial charge < -0.3 is 10.2 Å². The average Bonchev–Trinajstić information content (AvgIpc) is 2.28. The van der Waals surface area contributed by atoms with Gasteiger partial charge in [0.15, 0.2) is 5.12 Å². The molecule has 0 saturated carbocycles. The fourth-order valence-electron chi connectivity index (χ4n) is 1.31.